The van der Waals surface area contributed by atoms with E-state index in [0.717, 1.165) is 6.07 Å². The lowest BCUT2D eigenvalue weighted by Gasteiger charge is -2.13. The number of aromatic nitrogens is 7. The molecule has 13 heteroatoms. The van der Waals surface area contributed by atoms with Crippen molar-refractivity contribution in [1.29, 1.82) is 0 Å². The summed E-state index contributed by atoms with van der Waals surface area (Å²) in [5.74, 6) is 1.04. The number of nitrogens with zero attached hydrogens (tertiary/aromatic N) is 7. The smallest absolute Gasteiger partial charge is 0.369 e. The summed E-state index contributed by atoms with van der Waals surface area (Å²) in [4.78, 5) is 8.99. The zero-order valence-electron chi connectivity index (χ0n) is 20.8. The fraction of sp³-hybridized carbons (Fsp3) is 0.269. The van der Waals surface area contributed by atoms with Crippen LogP contribution in [0.5, 0.6) is 0 Å². The van der Waals surface area contributed by atoms with Gasteiger partial charge in [-0.2, -0.15) is 18.2 Å². The predicted octanol–water partition coefficient (Wildman–Crippen LogP) is 5.54. The van der Waals surface area contributed by atoms with Crippen molar-refractivity contribution in [3.63, 3.8) is 0 Å². The van der Waals surface area contributed by atoms with Crippen molar-refractivity contribution < 1.29 is 26.8 Å². The van der Waals surface area contributed by atoms with Crippen molar-refractivity contribution >= 4 is 0 Å². The Morgan fingerprint density at radius 1 is 1.08 bits per heavy atom. The van der Waals surface area contributed by atoms with E-state index >= 15 is 0 Å². The topological polar surface area (TPSA) is 96.7 Å². The number of hydrogen-bond donors (Lipinski definition) is 0. The molecule has 200 valence electrons. The first-order chi connectivity index (χ1) is 18.7. The Kier molecular flexibility index (Phi) is 6.02. The minimum atomic E-state index is -4.50. The highest BCUT2D eigenvalue weighted by molar-refractivity contribution is 5.71. The summed E-state index contributed by atoms with van der Waals surface area (Å²) < 4.78 is 69.1. The number of benzene rings is 2. The molecule has 0 spiro atoms. The number of imidazole rings is 1. The highest BCUT2D eigenvalue weighted by Gasteiger charge is 2.33. The van der Waals surface area contributed by atoms with Gasteiger partial charge in [0, 0.05) is 11.5 Å². The third kappa shape index (κ3) is 4.48. The molecule has 0 saturated carbocycles. The monoisotopic (exact) mass is 539 g/mol. The van der Waals surface area contributed by atoms with Gasteiger partial charge in [0.1, 0.15) is 24.4 Å². The van der Waals surface area contributed by atoms with Gasteiger partial charge < -0.3 is 13.8 Å². The molecule has 0 aliphatic carbocycles. The average Bonchev–Trinajstić information content (AvgIpc) is 3.62. The molecule has 0 N–H and O–H groups in total. The maximum absolute atomic E-state index is 14.3. The first-order valence-corrected chi connectivity index (χ1v) is 12.1. The zero-order chi connectivity index (χ0) is 27.3. The maximum atomic E-state index is 14.3. The van der Waals surface area contributed by atoms with Crippen LogP contribution in [0.3, 0.4) is 0 Å². The van der Waals surface area contributed by atoms with E-state index < -0.39 is 17.6 Å². The van der Waals surface area contributed by atoms with E-state index in [0.29, 0.717) is 46.0 Å². The van der Waals surface area contributed by atoms with Crippen LogP contribution in [0, 0.1) is 5.82 Å². The predicted molar refractivity (Wildman–Crippen MR) is 129 cm³/mol. The Labute approximate surface area is 219 Å². The second-order valence-electron chi connectivity index (χ2n) is 9.36. The number of rotatable bonds is 6. The minimum Gasteiger partial charge on any atom is -0.369 e. The van der Waals surface area contributed by atoms with Crippen LogP contribution in [-0.2, 0) is 30.7 Å². The SMILES string of the molecule is CC(C)c1nc(-c2ncn3c2Cn2c(COCc4ccccc4C(F)(F)F)nnc2-c2cc(F)ccc2-3)no1. The molecule has 0 fully saturated rings. The van der Waals surface area contributed by atoms with Crippen molar-refractivity contribution in [2.75, 3.05) is 0 Å². The molecule has 4 heterocycles. The van der Waals surface area contributed by atoms with E-state index in [1.54, 1.807) is 21.5 Å². The first-order valence-electron chi connectivity index (χ1n) is 12.1. The Morgan fingerprint density at radius 2 is 1.90 bits per heavy atom. The molecular formula is C26H21F4N7O2. The molecule has 2 aromatic carbocycles. The molecular weight excluding hydrogens is 518 g/mol. The van der Waals surface area contributed by atoms with Gasteiger partial charge in [0.15, 0.2) is 11.6 Å². The van der Waals surface area contributed by atoms with Crippen LogP contribution in [0.4, 0.5) is 17.6 Å². The molecule has 6 rings (SSSR count). The maximum Gasteiger partial charge on any atom is 0.416 e. The van der Waals surface area contributed by atoms with Gasteiger partial charge in [-0.3, -0.25) is 4.57 Å². The lowest BCUT2D eigenvalue weighted by atomic mass is 10.1. The van der Waals surface area contributed by atoms with E-state index in [-0.39, 0.29) is 31.2 Å². The van der Waals surface area contributed by atoms with E-state index in [4.69, 9.17) is 9.26 Å². The van der Waals surface area contributed by atoms with Gasteiger partial charge in [-0.1, -0.05) is 37.2 Å². The van der Waals surface area contributed by atoms with Crippen LogP contribution in [0.25, 0.3) is 28.6 Å². The van der Waals surface area contributed by atoms with Crippen molar-refractivity contribution in [3.8, 4) is 28.6 Å². The lowest BCUT2D eigenvalue weighted by Crippen LogP contribution is -2.12. The summed E-state index contributed by atoms with van der Waals surface area (Å²) in [6.45, 7) is 3.63. The average molecular weight is 539 g/mol. The van der Waals surface area contributed by atoms with Crippen molar-refractivity contribution in [2.45, 2.75) is 45.7 Å². The van der Waals surface area contributed by atoms with Crippen LogP contribution in [-0.4, -0.2) is 34.5 Å². The molecule has 9 nitrogen and oxygen atoms in total. The second-order valence-corrected chi connectivity index (χ2v) is 9.36. The summed E-state index contributed by atoms with van der Waals surface area (Å²) in [6.07, 6.45) is -2.91. The third-order valence-electron chi connectivity index (χ3n) is 6.42. The van der Waals surface area contributed by atoms with E-state index in [9.17, 15) is 17.6 Å². The zero-order valence-corrected chi connectivity index (χ0v) is 20.8. The third-order valence-corrected chi connectivity index (χ3v) is 6.42. The Hall–Kier alpha value is -4.39. The molecule has 0 saturated heterocycles. The van der Waals surface area contributed by atoms with Gasteiger partial charge in [-0.25, -0.2) is 9.37 Å². The largest absolute Gasteiger partial charge is 0.416 e. The summed E-state index contributed by atoms with van der Waals surface area (Å²) >= 11 is 0. The Bertz CT molecular complexity index is 1670. The molecule has 0 unspecified atom stereocenters. The fourth-order valence-corrected chi connectivity index (χ4v) is 4.51. The minimum absolute atomic E-state index is 0.00597. The van der Waals surface area contributed by atoms with E-state index in [2.05, 4.69) is 25.3 Å². The Balaban J connectivity index is 1.37. The molecule has 1 aliphatic rings. The highest BCUT2D eigenvalue weighted by atomic mass is 19.4. The van der Waals surface area contributed by atoms with Crippen LogP contribution in [0.1, 0.15) is 48.3 Å². The molecule has 0 radical (unpaired) electrons. The molecule has 3 aromatic heterocycles. The number of alkyl halides is 3. The number of ether oxygens (including phenoxy) is 1. The standard InChI is InChI=1S/C26H21F4N7O2/c1-14(2)25-32-23(35-39-25)22-20-10-36-21(12-38-11-15-5-3-4-6-18(15)26(28,29)30)33-34-24(36)17-9-16(27)7-8-19(17)37(20)13-31-22/h3-9,13-14H,10-12H2,1-2H3. The summed E-state index contributed by atoms with van der Waals surface area (Å²) in [5.41, 5.74) is 1.47. The van der Waals surface area contributed by atoms with Gasteiger partial charge in [0.25, 0.3) is 0 Å². The number of halogens is 4. The molecule has 39 heavy (non-hydrogen) atoms. The van der Waals surface area contributed by atoms with Crippen LogP contribution < -0.4 is 0 Å². The van der Waals surface area contributed by atoms with Crippen molar-refractivity contribution in [2.24, 2.45) is 0 Å². The molecule has 0 bridgehead atoms. The normalized spacial score (nSPS) is 12.8. The molecule has 0 atom stereocenters. The van der Waals surface area contributed by atoms with Gasteiger partial charge in [0.2, 0.25) is 11.7 Å². The van der Waals surface area contributed by atoms with Gasteiger partial charge in [0.05, 0.1) is 30.1 Å². The summed E-state index contributed by atoms with van der Waals surface area (Å²) in [7, 11) is 0. The van der Waals surface area contributed by atoms with Gasteiger partial charge >= 0.3 is 6.18 Å². The van der Waals surface area contributed by atoms with Crippen LogP contribution in [0.2, 0.25) is 0 Å². The number of fused-ring (bicyclic) bond motifs is 5. The second kappa shape index (κ2) is 9.42. The lowest BCUT2D eigenvalue weighted by molar-refractivity contribution is -0.139. The molecule has 5 aromatic rings. The molecule has 0 amide bonds. The fourth-order valence-electron chi connectivity index (χ4n) is 4.51. The summed E-state index contributed by atoms with van der Waals surface area (Å²) in [5, 5.41) is 12.6. The molecule has 1 aliphatic heterocycles. The van der Waals surface area contributed by atoms with Crippen molar-refractivity contribution in [1.82, 2.24) is 34.5 Å². The number of hydrogen-bond acceptors (Lipinski definition) is 7. The quantitative estimate of drug-likeness (QED) is 0.257. The Morgan fingerprint density at radius 3 is 2.67 bits per heavy atom. The van der Waals surface area contributed by atoms with E-state index in [1.165, 1.54) is 30.3 Å². The van der Waals surface area contributed by atoms with Crippen LogP contribution >= 0.6 is 0 Å². The van der Waals surface area contributed by atoms with Crippen LogP contribution in [0.15, 0.2) is 53.3 Å². The van der Waals surface area contributed by atoms with Gasteiger partial charge in [-0.15, -0.1) is 10.2 Å². The van der Waals surface area contributed by atoms with E-state index in [1.807, 2.05) is 13.8 Å². The van der Waals surface area contributed by atoms with Gasteiger partial charge in [-0.05, 0) is 29.8 Å². The first kappa shape index (κ1) is 24.9. The highest BCUT2D eigenvalue weighted by Crippen LogP contribution is 2.36. The summed E-state index contributed by atoms with van der Waals surface area (Å²) in [6, 6.07) is 9.53. The van der Waals surface area contributed by atoms with Crippen molar-refractivity contribution in [3.05, 3.63) is 83.1 Å².